The summed E-state index contributed by atoms with van der Waals surface area (Å²) in [6.45, 7) is 0. The second kappa shape index (κ2) is 10.2. The van der Waals surface area contributed by atoms with E-state index in [0.717, 1.165) is 5.56 Å². The van der Waals surface area contributed by atoms with Crippen molar-refractivity contribution in [3.63, 3.8) is 0 Å². The van der Waals surface area contributed by atoms with E-state index in [-0.39, 0.29) is 64.2 Å². The van der Waals surface area contributed by atoms with Crippen molar-refractivity contribution in [3.05, 3.63) is 33.8 Å². The van der Waals surface area contributed by atoms with Crippen LogP contribution in [0.4, 0.5) is 0 Å². The zero-order valence-corrected chi connectivity index (χ0v) is 16.9. The van der Waals surface area contributed by atoms with Crippen molar-refractivity contribution in [3.8, 4) is 0 Å². The molecule has 0 heterocycles. The third-order valence-corrected chi connectivity index (χ3v) is 4.08. The molecular formula is C12H15Cl2KO5S. The Hall–Kier alpha value is 1.27. The molecule has 0 spiro atoms. The minimum absolute atomic E-state index is 0. The van der Waals surface area contributed by atoms with Crippen LogP contribution in [0.15, 0.2) is 18.2 Å². The van der Waals surface area contributed by atoms with Crippen LogP contribution >= 0.6 is 23.2 Å². The molecule has 0 amide bonds. The average Bonchev–Trinajstić information content (AvgIpc) is 2.24. The van der Waals surface area contributed by atoms with Crippen LogP contribution < -0.4 is 51.4 Å². The standard InChI is InChI=1S/C12H16Cl2O5S.K/c13-9-3-1-8(12(14)5-9)2-4-10(15)6-11(16)7-20(17,18)19;/h1,3,5,10-11,15-16H,2,4,6-7H2,(H,17,18,19);/q;+1/p-1/t10-,11-;/m1./s1. The van der Waals surface area contributed by atoms with Gasteiger partial charge in [0.25, 0.3) is 0 Å². The Bertz CT molecular complexity index is 553. The molecule has 1 rings (SSSR count). The summed E-state index contributed by atoms with van der Waals surface area (Å²) in [6, 6.07) is 4.99. The van der Waals surface area contributed by atoms with Gasteiger partial charge in [0.15, 0.2) is 0 Å². The molecule has 0 radical (unpaired) electrons. The van der Waals surface area contributed by atoms with E-state index in [2.05, 4.69) is 0 Å². The van der Waals surface area contributed by atoms with E-state index in [1.165, 1.54) is 0 Å². The van der Waals surface area contributed by atoms with Crippen molar-refractivity contribution in [2.75, 3.05) is 5.75 Å². The number of rotatable bonds is 7. The molecule has 2 atom stereocenters. The van der Waals surface area contributed by atoms with Crippen molar-refractivity contribution in [2.45, 2.75) is 31.5 Å². The van der Waals surface area contributed by atoms with E-state index in [9.17, 15) is 23.2 Å². The number of hydrogen-bond donors (Lipinski definition) is 2. The summed E-state index contributed by atoms with van der Waals surface area (Å²) in [6.07, 6.45) is -1.72. The van der Waals surface area contributed by atoms with Gasteiger partial charge in [-0.3, -0.25) is 0 Å². The second-order valence-electron chi connectivity index (χ2n) is 4.54. The normalized spacial score (nSPS) is 14.3. The number of hydrogen-bond acceptors (Lipinski definition) is 5. The van der Waals surface area contributed by atoms with Gasteiger partial charge in [-0.1, -0.05) is 29.3 Å². The van der Waals surface area contributed by atoms with Gasteiger partial charge in [-0.05, 0) is 30.5 Å². The SMILES string of the molecule is O=S(=O)([O-])C[C@H](O)C[C@H](O)CCc1ccc(Cl)cc1Cl.[K+]. The Morgan fingerprint density at radius 1 is 1.19 bits per heavy atom. The van der Waals surface area contributed by atoms with Gasteiger partial charge in [0.1, 0.15) is 0 Å². The van der Waals surface area contributed by atoms with E-state index in [1.54, 1.807) is 18.2 Å². The molecule has 2 N–H and O–H groups in total. The van der Waals surface area contributed by atoms with Crippen LogP contribution in [0.1, 0.15) is 18.4 Å². The van der Waals surface area contributed by atoms with Crippen LogP contribution in [-0.4, -0.2) is 41.1 Å². The molecule has 114 valence electrons. The van der Waals surface area contributed by atoms with Crippen LogP contribution in [0.2, 0.25) is 10.0 Å². The Kier molecular flexibility index (Phi) is 10.8. The van der Waals surface area contributed by atoms with Crippen molar-refractivity contribution in [1.82, 2.24) is 0 Å². The van der Waals surface area contributed by atoms with Gasteiger partial charge in [-0.15, -0.1) is 0 Å². The van der Waals surface area contributed by atoms with Crippen LogP contribution in [0.3, 0.4) is 0 Å². The number of aryl methyl sites for hydroxylation is 1. The summed E-state index contributed by atoms with van der Waals surface area (Å²) in [5.41, 5.74) is 0.793. The summed E-state index contributed by atoms with van der Waals surface area (Å²) < 4.78 is 31.4. The van der Waals surface area contributed by atoms with Crippen molar-refractivity contribution in [1.29, 1.82) is 0 Å². The number of aliphatic hydroxyl groups excluding tert-OH is 2. The molecule has 0 saturated carbocycles. The zero-order valence-electron chi connectivity index (χ0n) is 11.5. The van der Waals surface area contributed by atoms with Gasteiger partial charge in [0, 0.05) is 16.5 Å². The van der Waals surface area contributed by atoms with Crippen LogP contribution in [0.5, 0.6) is 0 Å². The molecule has 0 aliphatic carbocycles. The van der Waals surface area contributed by atoms with Gasteiger partial charge in [0.05, 0.1) is 28.1 Å². The summed E-state index contributed by atoms with van der Waals surface area (Å²) in [5, 5.41) is 20.0. The number of aliphatic hydroxyl groups is 2. The Balaban J connectivity index is 0.00000400. The Morgan fingerprint density at radius 2 is 1.81 bits per heavy atom. The maximum atomic E-state index is 10.5. The first-order valence-corrected chi connectivity index (χ1v) is 8.24. The van der Waals surface area contributed by atoms with E-state index in [4.69, 9.17) is 23.2 Å². The molecule has 0 saturated heterocycles. The summed E-state index contributed by atoms with van der Waals surface area (Å²) in [4.78, 5) is 0. The van der Waals surface area contributed by atoms with Crippen LogP contribution in [0, 0.1) is 0 Å². The van der Waals surface area contributed by atoms with Gasteiger partial charge in [0.2, 0.25) is 0 Å². The maximum Gasteiger partial charge on any atom is 1.00 e. The number of halogens is 2. The predicted molar refractivity (Wildman–Crippen MR) is 76.0 cm³/mol. The predicted octanol–water partition coefficient (Wildman–Crippen LogP) is -1.41. The van der Waals surface area contributed by atoms with E-state index in [0.29, 0.717) is 16.5 Å². The second-order valence-corrected chi connectivity index (χ2v) is 6.83. The minimum atomic E-state index is -4.49. The molecule has 5 nitrogen and oxygen atoms in total. The molecule has 0 bridgehead atoms. The van der Waals surface area contributed by atoms with Gasteiger partial charge < -0.3 is 14.8 Å². The molecule has 0 fully saturated rings. The molecule has 1 aromatic carbocycles. The van der Waals surface area contributed by atoms with Gasteiger partial charge in [-0.25, -0.2) is 8.42 Å². The average molecular weight is 381 g/mol. The summed E-state index contributed by atoms with van der Waals surface area (Å²) in [7, 11) is -4.49. The summed E-state index contributed by atoms with van der Waals surface area (Å²) in [5.74, 6) is -0.897. The van der Waals surface area contributed by atoms with Crippen molar-refractivity contribution >= 4 is 33.3 Å². The van der Waals surface area contributed by atoms with Crippen molar-refractivity contribution < 1.29 is 74.6 Å². The first kappa shape index (κ1) is 22.3. The summed E-state index contributed by atoms with van der Waals surface area (Å²) >= 11 is 11.7. The largest absolute Gasteiger partial charge is 1.00 e. The quantitative estimate of drug-likeness (QED) is 0.447. The van der Waals surface area contributed by atoms with Crippen LogP contribution in [-0.2, 0) is 16.5 Å². The van der Waals surface area contributed by atoms with Gasteiger partial charge >= 0.3 is 51.4 Å². The fourth-order valence-corrected chi connectivity index (χ4v) is 2.89. The smallest absolute Gasteiger partial charge is 0.748 e. The maximum absolute atomic E-state index is 10.5. The molecule has 21 heavy (non-hydrogen) atoms. The Labute approximate surface area is 176 Å². The first-order chi connectivity index (χ1) is 9.17. The van der Waals surface area contributed by atoms with Crippen LogP contribution in [0.25, 0.3) is 0 Å². The number of benzene rings is 1. The Morgan fingerprint density at radius 3 is 2.33 bits per heavy atom. The molecule has 0 aliphatic rings. The van der Waals surface area contributed by atoms with E-state index < -0.39 is 28.1 Å². The van der Waals surface area contributed by atoms with E-state index in [1.807, 2.05) is 0 Å². The monoisotopic (exact) mass is 380 g/mol. The minimum Gasteiger partial charge on any atom is -0.748 e. The molecule has 0 aromatic heterocycles. The van der Waals surface area contributed by atoms with E-state index >= 15 is 0 Å². The fraction of sp³-hybridized carbons (Fsp3) is 0.500. The molecule has 0 aliphatic heterocycles. The zero-order chi connectivity index (χ0) is 15.3. The molecule has 9 heteroatoms. The molecule has 1 aromatic rings. The van der Waals surface area contributed by atoms with Crippen molar-refractivity contribution in [2.24, 2.45) is 0 Å². The topological polar surface area (TPSA) is 97.7 Å². The third-order valence-electron chi connectivity index (χ3n) is 2.70. The third kappa shape index (κ3) is 9.88. The molecular weight excluding hydrogens is 366 g/mol. The molecule has 0 unspecified atom stereocenters. The fourth-order valence-electron chi connectivity index (χ4n) is 1.78. The first-order valence-electron chi connectivity index (χ1n) is 5.91. The van der Waals surface area contributed by atoms with Gasteiger partial charge in [-0.2, -0.15) is 0 Å².